The van der Waals surface area contributed by atoms with Crippen LogP contribution in [0.25, 0.3) is 0 Å². The Hall–Kier alpha value is -2.53. The van der Waals surface area contributed by atoms with E-state index >= 15 is 0 Å². The van der Waals surface area contributed by atoms with E-state index in [2.05, 4.69) is 10.6 Å². The molecule has 0 fully saturated rings. The minimum Gasteiger partial charge on any atom is -0.495 e. The molecule has 24 heavy (non-hydrogen) atoms. The van der Waals surface area contributed by atoms with Crippen LogP contribution in [0.1, 0.15) is 24.2 Å². The lowest BCUT2D eigenvalue weighted by molar-refractivity contribution is -0.118. The summed E-state index contributed by atoms with van der Waals surface area (Å²) >= 11 is 5.95. The molecule has 0 atom stereocenters. The molecule has 0 radical (unpaired) electrons. The van der Waals surface area contributed by atoms with Crippen LogP contribution in [-0.2, 0) is 4.79 Å². The lowest BCUT2D eigenvalue weighted by Crippen LogP contribution is -2.18. The van der Waals surface area contributed by atoms with Crippen LogP contribution >= 0.6 is 11.6 Å². The number of amides is 2. The third-order valence-corrected chi connectivity index (χ3v) is 3.58. The van der Waals surface area contributed by atoms with Crippen LogP contribution in [0.15, 0.2) is 42.5 Å². The summed E-state index contributed by atoms with van der Waals surface area (Å²) < 4.78 is 5.20. The number of anilines is 2. The number of ether oxygens (including phenoxy) is 1. The number of methoxy groups -OCH3 is 1. The average Bonchev–Trinajstić information content (AvgIpc) is 2.55. The second-order valence-electron chi connectivity index (χ2n) is 5.52. The SMILES string of the molecule is COc1ccc(Cl)cc1NC(=O)c1ccc(NC(=O)C(C)C)cc1. The van der Waals surface area contributed by atoms with Crippen molar-refractivity contribution in [2.75, 3.05) is 17.7 Å². The highest BCUT2D eigenvalue weighted by atomic mass is 35.5. The van der Waals surface area contributed by atoms with Gasteiger partial charge in [-0.05, 0) is 42.5 Å². The van der Waals surface area contributed by atoms with E-state index in [9.17, 15) is 9.59 Å². The highest BCUT2D eigenvalue weighted by molar-refractivity contribution is 6.31. The average molecular weight is 347 g/mol. The number of carbonyl (C=O) groups is 2. The predicted molar refractivity (Wildman–Crippen MR) is 95.9 cm³/mol. The monoisotopic (exact) mass is 346 g/mol. The molecule has 0 saturated heterocycles. The van der Waals surface area contributed by atoms with Crippen LogP contribution in [-0.4, -0.2) is 18.9 Å². The molecular weight excluding hydrogens is 328 g/mol. The normalized spacial score (nSPS) is 10.4. The summed E-state index contributed by atoms with van der Waals surface area (Å²) in [6.45, 7) is 3.63. The first-order valence-corrected chi connectivity index (χ1v) is 7.84. The van der Waals surface area contributed by atoms with Crippen LogP contribution < -0.4 is 15.4 Å². The lowest BCUT2D eigenvalue weighted by Gasteiger charge is -2.11. The summed E-state index contributed by atoms with van der Waals surface area (Å²) in [6, 6.07) is 11.6. The Labute approximate surface area is 146 Å². The summed E-state index contributed by atoms with van der Waals surface area (Å²) in [4.78, 5) is 24.0. The van der Waals surface area contributed by atoms with Gasteiger partial charge >= 0.3 is 0 Å². The quantitative estimate of drug-likeness (QED) is 0.852. The topological polar surface area (TPSA) is 67.4 Å². The lowest BCUT2D eigenvalue weighted by atomic mass is 10.1. The van der Waals surface area contributed by atoms with Gasteiger partial charge in [0.15, 0.2) is 0 Å². The Kier molecular flexibility index (Phi) is 5.82. The maximum absolute atomic E-state index is 12.3. The third kappa shape index (κ3) is 4.49. The zero-order valence-corrected chi connectivity index (χ0v) is 14.5. The van der Waals surface area contributed by atoms with Crippen molar-refractivity contribution in [2.24, 2.45) is 5.92 Å². The molecule has 0 saturated carbocycles. The van der Waals surface area contributed by atoms with E-state index in [-0.39, 0.29) is 17.7 Å². The minimum absolute atomic E-state index is 0.0733. The van der Waals surface area contributed by atoms with Crippen molar-refractivity contribution < 1.29 is 14.3 Å². The highest BCUT2D eigenvalue weighted by Gasteiger charge is 2.11. The number of halogens is 1. The number of benzene rings is 2. The minimum atomic E-state index is -0.294. The van der Waals surface area contributed by atoms with E-state index in [1.807, 2.05) is 13.8 Å². The van der Waals surface area contributed by atoms with E-state index < -0.39 is 0 Å². The van der Waals surface area contributed by atoms with Gasteiger partial charge in [-0.2, -0.15) is 0 Å². The zero-order chi connectivity index (χ0) is 17.7. The summed E-state index contributed by atoms with van der Waals surface area (Å²) in [5.41, 5.74) is 1.59. The number of carbonyl (C=O) groups excluding carboxylic acids is 2. The Morgan fingerprint density at radius 3 is 2.29 bits per heavy atom. The van der Waals surface area contributed by atoms with E-state index in [0.717, 1.165) is 0 Å². The second kappa shape index (κ2) is 7.84. The number of hydrogen-bond donors (Lipinski definition) is 2. The molecule has 2 amide bonds. The molecule has 0 unspecified atom stereocenters. The molecule has 0 bridgehead atoms. The summed E-state index contributed by atoms with van der Waals surface area (Å²) in [7, 11) is 1.52. The number of rotatable bonds is 5. The Bertz CT molecular complexity index is 742. The van der Waals surface area contributed by atoms with Gasteiger partial charge in [-0.3, -0.25) is 9.59 Å². The van der Waals surface area contributed by atoms with Crippen molar-refractivity contribution in [2.45, 2.75) is 13.8 Å². The van der Waals surface area contributed by atoms with Crippen LogP contribution in [0.3, 0.4) is 0 Å². The molecule has 2 aromatic carbocycles. The molecule has 0 aliphatic heterocycles. The molecule has 0 spiro atoms. The Morgan fingerprint density at radius 1 is 1.04 bits per heavy atom. The van der Waals surface area contributed by atoms with E-state index in [1.54, 1.807) is 42.5 Å². The van der Waals surface area contributed by atoms with Crippen molar-refractivity contribution in [3.8, 4) is 5.75 Å². The van der Waals surface area contributed by atoms with Gasteiger partial charge in [0.1, 0.15) is 5.75 Å². The largest absolute Gasteiger partial charge is 0.495 e. The van der Waals surface area contributed by atoms with Gasteiger partial charge < -0.3 is 15.4 Å². The van der Waals surface area contributed by atoms with Crippen molar-refractivity contribution >= 4 is 34.8 Å². The van der Waals surface area contributed by atoms with Gasteiger partial charge in [-0.1, -0.05) is 25.4 Å². The summed E-state index contributed by atoms with van der Waals surface area (Å²) in [5.74, 6) is 0.0463. The van der Waals surface area contributed by atoms with Crippen molar-refractivity contribution in [3.05, 3.63) is 53.1 Å². The smallest absolute Gasteiger partial charge is 0.255 e. The Morgan fingerprint density at radius 2 is 1.71 bits per heavy atom. The number of hydrogen-bond acceptors (Lipinski definition) is 3. The van der Waals surface area contributed by atoms with E-state index in [4.69, 9.17) is 16.3 Å². The predicted octanol–water partition coefficient (Wildman–Crippen LogP) is 4.20. The van der Waals surface area contributed by atoms with Crippen LogP contribution in [0.2, 0.25) is 5.02 Å². The highest BCUT2D eigenvalue weighted by Crippen LogP contribution is 2.28. The van der Waals surface area contributed by atoms with Gasteiger partial charge in [0.05, 0.1) is 12.8 Å². The van der Waals surface area contributed by atoms with Crippen LogP contribution in [0.5, 0.6) is 5.75 Å². The maximum Gasteiger partial charge on any atom is 0.255 e. The standard InChI is InChI=1S/C18H19ClN2O3/c1-11(2)17(22)20-14-7-4-12(5-8-14)18(23)21-15-10-13(19)6-9-16(15)24-3/h4-11H,1-3H3,(H,20,22)(H,21,23). The molecule has 5 nitrogen and oxygen atoms in total. The third-order valence-electron chi connectivity index (χ3n) is 3.35. The van der Waals surface area contributed by atoms with Crippen LogP contribution in [0.4, 0.5) is 11.4 Å². The molecule has 2 N–H and O–H groups in total. The van der Waals surface area contributed by atoms with Crippen molar-refractivity contribution in [1.29, 1.82) is 0 Å². The summed E-state index contributed by atoms with van der Waals surface area (Å²) in [5, 5.41) is 6.03. The van der Waals surface area contributed by atoms with Crippen LogP contribution in [0, 0.1) is 5.92 Å². The Balaban J connectivity index is 2.11. The number of nitrogens with one attached hydrogen (secondary N) is 2. The van der Waals surface area contributed by atoms with Crippen molar-refractivity contribution in [1.82, 2.24) is 0 Å². The fourth-order valence-corrected chi connectivity index (χ4v) is 2.14. The second-order valence-corrected chi connectivity index (χ2v) is 5.96. The molecule has 2 rings (SSSR count). The first-order valence-electron chi connectivity index (χ1n) is 7.46. The van der Waals surface area contributed by atoms with Gasteiger partial charge in [0.25, 0.3) is 5.91 Å². The maximum atomic E-state index is 12.3. The fourth-order valence-electron chi connectivity index (χ4n) is 1.96. The van der Waals surface area contributed by atoms with E-state index in [1.165, 1.54) is 7.11 Å². The van der Waals surface area contributed by atoms with Gasteiger partial charge in [0.2, 0.25) is 5.91 Å². The molecule has 126 valence electrons. The molecule has 0 aromatic heterocycles. The molecule has 0 heterocycles. The van der Waals surface area contributed by atoms with Crippen molar-refractivity contribution in [3.63, 3.8) is 0 Å². The molecule has 2 aromatic rings. The van der Waals surface area contributed by atoms with Gasteiger partial charge in [-0.25, -0.2) is 0 Å². The molecule has 0 aliphatic rings. The van der Waals surface area contributed by atoms with Gasteiger partial charge in [0, 0.05) is 22.2 Å². The molecule has 0 aliphatic carbocycles. The molecule has 6 heteroatoms. The first kappa shape index (κ1) is 17.8. The zero-order valence-electron chi connectivity index (χ0n) is 13.7. The van der Waals surface area contributed by atoms with Gasteiger partial charge in [-0.15, -0.1) is 0 Å². The summed E-state index contributed by atoms with van der Waals surface area (Å²) in [6.07, 6.45) is 0. The first-order chi connectivity index (χ1) is 11.4. The fraction of sp³-hybridized carbons (Fsp3) is 0.222. The molecular formula is C18H19ClN2O3. The van der Waals surface area contributed by atoms with E-state index in [0.29, 0.717) is 27.7 Å².